The summed E-state index contributed by atoms with van der Waals surface area (Å²) in [6.45, 7) is 8.13. The first kappa shape index (κ1) is 31.8. The van der Waals surface area contributed by atoms with Crippen molar-refractivity contribution < 1.29 is 32.6 Å². The SMILES string of the molecule is CC.CC1CCCC1.CC[C@H](N)c1oc(-c2ccc(OC)c3nc(C(F)(F)F)ccc23)nc1C(N)=O.O. The molecule has 1 amide bonds. The molecule has 1 aromatic carbocycles. The number of halogens is 3. The molecule has 0 unspecified atom stereocenters. The first-order valence-corrected chi connectivity index (χ1v) is 12.2. The smallest absolute Gasteiger partial charge is 0.433 e. The summed E-state index contributed by atoms with van der Waals surface area (Å²) < 4.78 is 49.9. The molecule has 206 valence electrons. The summed E-state index contributed by atoms with van der Waals surface area (Å²) in [6, 6.07) is 4.48. The maximum atomic E-state index is 13.0. The molecule has 0 spiro atoms. The molecular formula is C26H37F3N4O4. The Morgan fingerprint density at radius 3 is 2.24 bits per heavy atom. The zero-order chi connectivity index (χ0) is 27.0. The van der Waals surface area contributed by atoms with Gasteiger partial charge in [0.15, 0.2) is 11.5 Å². The standard InChI is InChI=1S/C18H17F3N4O3.C6H12.C2H6.H2O/c1-3-10(22)15-14(16(23)26)25-17(28-15)9-4-6-11(27-2)13-8(9)5-7-12(24-13)18(19,20)21;1-6-4-2-3-5-6;1-2;/h4-7,10H,3,22H2,1-2H3,(H2,23,26);6H,2-5H2,1H3;1-2H3;1H2/t10-;;;/m0.../s1. The number of nitrogens with two attached hydrogens (primary N) is 2. The van der Waals surface area contributed by atoms with Crippen LogP contribution in [-0.4, -0.2) is 28.5 Å². The first-order valence-electron chi connectivity index (χ1n) is 12.2. The number of pyridine rings is 1. The summed E-state index contributed by atoms with van der Waals surface area (Å²) in [5, 5.41) is 0.307. The number of methoxy groups -OCH3 is 1. The van der Waals surface area contributed by atoms with Gasteiger partial charge in [0, 0.05) is 10.9 Å². The molecule has 1 saturated carbocycles. The molecule has 0 aliphatic heterocycles. The molecule has 2 aromatic heterocycles. The Morgan fingerprint density at radius 2 is 1.78 bits per heavy atom. The van der Waals surface area contributed by atoms with Gasteiger partial charge in [0.1, 0.15) is 17.0 Å². The number of amides is 1. The topological polar surface area (TPSA) is 149 Å². The molecular weight excluding hydrogens is 489 g/mol. The highest BCUT2D eigenvalue weighted by Crippen LogP contribution is 2.37. The van der Waals surface area contributed by atoms with Gasteiger partial charge >= 0.3 is 6.18 Å². The summed E-state index contributed by atoms with van der Waals surface area (Å²) in [6.07, 6.45) is 1.80. The number of hydrogen-bond acceptors (Lipinski definition) is 6. The van der Waals surface area contributed by atoms with Crippen molar-refractivity contribution in [2.24, 2.45) is 17.4 Å². The van der Waals surface area contributed by atoms with Crippen LogP contribution in [0.15, 0.2) is 28.7 Å². The number of oxazole rings is 1. The van der Waals surface area contributed by atoms with Crippen LogP contribution in [-0.2, 0) is 6.18 Å². The first-order chi connectivity index (χ1) is 17.1. The van der Waals surface area contributed by atoms with Crippen LogP contribution in [0.4, 0.5) is 13.2 Å². The van der Waals surface area contributed by atoms with Crippen molar-refractivity contribution in [1.29, 1.82) is 0 Å². The lowest BCUT2D eigenvalue weighted by atomic mass is 10.1. The molecule has 1 aliphatic carbocycles. The van der Waals surface area contributed by atoms with Crippen molar-refractivity contribution >= 4 is 16.8 Å². The largest absolute Gasteiger partial charge is 0.494 e. The lowest BCUT2D eigenvalue weighted by molar-refractivity contribution is -0.140. The highest BCUT2D eigenvalue weighted by atomic mass is 19.4. The van der Waals surface area contributed by atoms with Crippen LogP contribution >= 0.6 is 0 Å². The van der Waals surface area contributed by atoms with Gasteiger partial charge in [-0.05, 0) is 36.6 Å². The van der Waals surface area contributed by atoms with Crippen LogP contribution in [0.25, 0.3) is 22.4 Å². The number of hydrogen-bond donors (Lipinski definition) is 2. The number of nitrogens with zero attached hydrogens (tertiary/aromatic N) is 2. The Kier molecular flexibility index (Phi) is 12.0. The van der Waals surface area contributed by atoms with Gasteiger partial charge in [-0.25, -0.2) is 9.97 Å². The zero-order valence-electron chi connectivity index (χ0n) is 21.9. The van der Waals surface area contributed by atoms with E-state index in [0.717, 1.165) is 12.0 Å². The second-order valence-corrected chi connectivity index (χ2v) is 8.41. The Labute approximate surface area is 214 Å². The van der Waals surface area contributed by atoms with Crippen molar-refractivity contribution in [3.8, 4) is 17.2 Å². The molecule has 0 bridgehead atoms. The van der Waals surface area contributed by atoms with Crippen molar-refractivity contribution in [1.82, 2.24) is 9.97 Å². The maximum absolute atomic E-state index is 13.0. The molecule has 4 rings (SSSR count). The van der Waals surface area contributed by atoms with Gasteiger partial charge in [0.2, 0.25) is 5.89 Å². The fourth-order valence-corrected chi connectivity index (χ4v) is 3.89. The zero-order valence-corrected chi connectivity index (χ0v) is 21.9. The number of carbonyl (C=O) groups excluding carboxylic acids is 1. The fraction of sp³-hybridized carbons (Fsp3) is 0.500. The average molecular weight is 527 g/mol. The maximum Gasteiger partial charge on any atom is 0.433 e. The van der Waals surface area contributed by atoms with Crippen molar-refractivity contribution in [3.05, 3.63) is 41.4 Å². The quantitative estimate of drug-likeness (QED) is 0.427. The van der Waals surface area contributed by atoms with E-state index in [1.807, 2.05) is 13.8 Å². The van der Waals surface area contributed by atoms with Gasteiger partial charge in [-0.15, -0.1) is 0 Å². The number of benzene rings is 1. The van der Waals surface area contributed by atoms with E-state index in [9.17, 15) is 18.0 Å². The summed E-state index contributed by atoms with van der Waals surface area (Å²) in [5.41, 5.74) is 10.4. The molecule has 2 heterocycles. The van der Waals surface area contributed by atoms with Crippen LogP contribution < -0.4 is 16.2 Å². The number of primary amides is 1. The van der Waals surface area contributed by atoms with Gasteiger partial charge in [0.25, 0.3) is 5.91 Å². The molecule has 6 N–H and O–H groups in total. The van der Waals surface area contributed by atoms with Crippen molar-refractivity contribution in [2.75, 3.05) is 7.11 Å². The second-order valence-electron chi connectivity index (χ2n) is 8.41. The molecule has 1 aliphatic rings. The van der Waals surface area contributed by atoms with E-state index in [0.29, 0.717) is 17.4 Å². The molecule has 0 radical (unpaired) electrons. The minimum absolute atomic E-state index is 0. The van der Waals surface area contributed by atoms with Crippen LogP contribution in [0.1, 0.15) is 87.8 Å². The third-order valence-corrected chi connectivity index (χ3v) is 5.87. The predicted molar refractivity (Wildman–Crippen MR) is 137 cm³/mol. The van der Waals surface area contributed by atoms with Crippen LogP contribution in [0, 0.1) is 5.92 Å². The van der Waals surface area contributed by atoms with E-state index < -0.39 is 23.8 Å². The van der Waals surface area contributed by atoms with Gasteiger partial charge in [-0.2, -0.15) is 13.2 Å². The van der Waals surface area contributed by atoms with Crippen molar-refractivity contribution in [3.63, 3.8) is 0 Å². The molecule has 0 saturated heterocycles. The second kappa shape index (κ2) is 13.9. The molecule has 37 heavy (non-hydrogen) atoms. The number of ether oxygens (including phenoxy) is 1. The van der Waals surface area contributed by atoms with E-state index in [1.54, 1.807) is 13.0 Å². The van der Waals surface area contributed by atoms with E-state index in [2.05, 4.69) is 16.9 Å². The van der Waals surface area contributed by atoms with Gasteiger partial charge < -0.3 is 26.1 Å². The summed E-state index contributed by atoms with van der Waals surface area (Å²) >= 11 is 0. The van der Waals surface area contributed by atoms with Gasteiger partial charge in [0.05, 0.1) is 13.2 Å². The van der Waals surface area contributed by atoms with Gasteiger partial charge in [-0.1, -0.05) is 53.4 Å². The predicted octanol–water partition coefficient (Wildman–Crippen LogP) is 5.82. The Morgan fingerprint density at radius 1 is 1.16 bits per heavy atom. The Balaban J connectivity index is 0.000000658. The number of rotatable bonds is 5. The lowest BCUT2D eigenvalue weighted by Crippen LogP contribution is -2.18. The Hall–Kier alpha value is -3.18. The number of carbonyl (C=O) groups is 1. The third kappa shape index (κ3) is 7.65. The molecule has 11 heteroatoms. The van der Waals surface area contributed by atoms with E-state index >= 15 is 0 Å². The van der Waals surface area contributed by atoms with Crippen LogP contribution in [0.2, 0.25) is 0 Å². The van der Waals surface area contributed by atoms with Crippen LogP contribution in [0.5, 0.6) is 5.75 Å². The Bertz CT molecular complexity index is 1160. The minimum atomic E-state index is -4.61. The summed E-state index contributed by atoms with van der Waals surface area (Å²) in [4.78, 5) is 19.5. The summed E-state index contributed by atoms with van der Waals surface area (Å²) in [5.74, 6) is 0.502. The van der Waals surface area contributed by atoms with E-state index in [4.69, 9.17) is 20.6 Å². The highest BCUT2D eigenvalue weighted by Gasteiger charge is 2.33. The molecule has 1 fully saturated rings. The molecule has 8 nitrogen and oxygen atoms in total. The highest BCUT2D eigenvalue weighted by molar-refractivity contribution is 5.97. The minimum Gasteiger partial charge on any atom is -0.494 e. The normalized spacial score (nSPS) is 14.1. The summed E-state index contributed by atoms with van der Waals surface area (Å²) in [7, 11) is 1.32. The number of alkyl halides is 3. The van der Waals surface area contributed by atoms with Crippen molar-refractivity contribution in [2.45, 2.75) is 72.0 Å². The van der Waals surface area contributed by atoms with E-state index in [-0.39, 0.29) is 34.1 Å². The fourth-order valence-electron chi connectivity index (χ4n) is 3.89. The monoisotopic (exact) mass is 526 g/mol. The van der Waals surface area contributed by atoms with Crippen LogP contribution in [0.3, 0.4) is 0 Å². The number of aromatic nitrogens is 2. The lowest BCUT2D eigenvalue weighted by Gasteiger charge is -2.11. The molecule has 3 aromatic rings. The third-order valence-electron chi connectivity index (χ3n) is 5.87. The van der Waals surface area contributed by atoms with Gasteiger partial charge in [-0.3, -0.25) is 4.79 Å². The van der Waals surface area contributed by atoms with E-state index in [1.165, 1.54) is 44.9 Å². The number of fused-ring (bicyclic) bond motifs is 1. The molecule has 1 atom stereocenters. The average Bonchev–Trinajstić information content (AvgIpc) is 3.53.